The van der Waals surface area contributed by atoms with Gasteiger partial charge in [-0.05, 0) is 86.3 Å². The predicted molar refractivity (Wildman–Crippen MR) is 259 cm³/mol. The number of aromatic hydroxyl groups is 1. The quantitative estimate of drug-likeness (QED) is 0.0162. The van der Waals surface area contributed by atoms with Gasteiger partial charge >= 0.3 is 23.9 Å². The van der Waals surface area contributed by atoms with Crippen molar-refractivity contribution in [3.05, 3.63) is 145 Å². The van der Waals surface area contributed by atoms with Gasteiger partial charge in [0.1, 0.15) is 42.9 Å². The van der Waals surface area contributed by atoms with Crippen molar-refractivity contribution in [2.75, 3.05) is 79.0 Å². The fourth-order valence-corrected chi connectivity index (χ4v) is 4.60. The number of benzene rings is 3. The Morgan fingerprint density at radius 2 is 1.20 bits per heavy atom. The molecule has 18 heteroatoms. The van der Waals surface area contributed by atoms with Gasteiger partial charge in [0.15, 0.2) is 0 Å². The van der Waals surface area contributed by atoms with Crippen LogP contribution in [0.1, 0.15) is 74.5 Å². The van der Waals surface area contributed by atoms with Gasteiger partial charge in [-0.25, -0.2) is 19.2 Å². The molecule has 1 aliphatic heterocycles. The lowest BCUT2D eigenvalue weighted by atomic mass is 10.1. The van der Waals surface area contributed by atoms with Crippen LogP contribution in [0.15, 0.2) is 123 Å². The van der Waals surface area contributed by atoms with E-state index in [0.29, 0.717) is 74.6 Å². The number of aliphatic hydroxyl groups is 1. The number of carbonyl (C=O) groups excluding carboxylic acids is 5. The van der Waals surface area contributed by atoms with E-state index in [2.05, 4.69) is 18.1 Å². The van der Waals surface area contributed by atoms with Crippen LogP contribution < -0.4 is 9.64 Å². The Kier molecular flexibility index (Phi) is 34.7. The number of aromatic carboxylic acids is 1. The Bertz CT molecular complexity index is 2040. The Hall–Kier alpha value is -7.25. The van der Waals surface area contributed by atoms with E-state index in [1.807, 2.05) is 31.1 Å². The highest BCUT2D eigenvalue weighted by Gasteiger charge is 2.22. The standard InChI is InChI=1S/C18H22O7.C10H16O4.C8H6O3.C7H10N2.C7H8O2.CH4/c1-2-17(21)24-10-4-3-9-23-12-16(20)13-25-18(22)15-7-5-14(11-19)6-8-15;1-2-10(11)13-6-4-3-5-12-7-9-8-14-9;9-5-6-1-3-7(4-2-6)8(10)11;1-9(2)7-3-5-8-6-4-7;1-9-7-4-2-6(8)3-5-7;/h2,5-8,11,16,20H,1,3-4,9-10,12-13H2;2,9H,1,3-8H2;1-5H,(H,10,11);3-6H,1-2H3;2-5,8H,1H3;1H4. The molecule has 5 rings (SSSR count). The van der Waals surface area contributed by atoms with Crippen molar-refractivity contribution in [2.24, 2.45) is 0 Å². The lowest BCUT2D eigenvalue weighted by Gasteiger charge is -2.12. The zero-order valence-electron chi connectivity index (χ0n) is 38.6. The third-order valence-corrected chi connectivity index (χ3v) is 8.44. The van der Waals surface area contributed by atoms with Crippen LogP contribution in [0.4, 0.5) is 5.69 Å². The van der Waals surface area contributed by atoms with Gasteiger partial charge in [-0.1, -0.05) is 44.8 Å². The number of aromatic nitrogens is 1. The second kappa shape index (κ2) is 38.8. The molecule has 376 valence electrons. The monoisotopic (exact) mass is 962 g/mol. The third kappa shape index (κ3) is 32.2. The van der Waals surface area contributed by atoms with Crippen LogP contribution in [0.5, 0.6) is 11.5 Å². The highest BCUT2D eigenvalue weighted by molar-refractivity contribution is 5.90. The summed E-state index contributed by atoms with van der Waals surface area (Å²) in [6, 6.07) is 22.2. The van der Waals surface area contributed by atoms with E-state index in [-0.39, 0.29) is 44.5 Å². The zero-order valence-corrected chi connectivity index (χ0v) is 38.6. The smallest absolute Gasteiger partial charge is 0.338 e. The van der Waals surface area contributed by atoms with E-state index in [1.165, 1.54) is 60.3 Å². The molecular weight excluding hydrogens is 897 g/mol. The van der Waals surface area contributed by atoms with Gasteiger partial charge in [0.25, 0.3) is 0 Å². The number of hydrogen-bond acceptors (Lipinski definition) is 17. The normalized spacial score (nSPS) is 11.8. The first-order chi connectivity index (χ1) is 32.8. The van der Waals surface area contributed by atoms with Crippen molar-refractivity contribution < 1.29 is 77.2 Å². The van der Waals surface area contributed by atoms with E-state index >= 15 is 0 Å². The fraction of sp³-hybridized carbons (Fsp3) is 0.353. The summed E-state index contributed by atoms with van der Waals surface area (Å²) in [6.07, 6.45) is 9.62. The molecule has 0 saturated carbocycles. The number of methoxy groups -OCH3 is 1. The summed E-state index contributed by atoms with van der Waals surface area (Å²) < 4.78 is 35.0. The lowest BCUT2D eigenvalue weighted by Crippen LogP contribution is -2.24. The van der Waals surface area contributed by atoms with Crippen LogP contribution in [0.2, 0.25) is 0 Å². The molecule has 2 heterocycles. The van der Waals surface area contributed by atoms with Gasteiger partial charge in [0.05, 0.1) is 51.3 Å². The molecule has 3 N–H and O–H groups in total. The summed E-state index contributed by atoms with van der Waals surface area (Å²) in [6.45, 7) is 9.77. The number of carboxylic acids is 1. The van der Waals surface area contributed by atoms with Crippen LogP contribution in [0.25, 0.3) is 0 Å². The van der Waals surface area contributed by atoms with Crippen molar-refractivity contribution in [1.82, 2.24) is 4.98 Å². The number of carbonyl (C=O) groups is 6. The van der Waals surface area contributed by atoms with E-state index < -0.39 is 24.0 Å². The number of ether oxygens (including phenoxy) is 7. The zero-order chi connectivity index (χ0) is 50.4. The minimum Gasteiger partial charge on any atom is -0.508 e. The second-order valence-corrected chi connectivity index (χ2v) is 14.1. The number of aldehydes is 2. The van der Waals surface area contributed by atoms with Crippen molar-refractivity contribution in [3.8, 4) is 11.5 Å². The molecule has 0 amide bonds. The Morgan fingerprint density at radius 1 is 0.725 bits per heavy atom. The molecule has 0 spiro atoms. The number of pyridine rings is 1. The average Bonchev–Trinajstić information content (AvgIpc) is 4.20. The number of phenols is 1. The predicted octanol–water partition coefficient (Wildman–Crippen LogP) is 6.84. The molecule has 1 aromatic heterocycles. The number of esters is 3. The van der Waals surface area contributed by atoms with E-state index in [9.17, 15) is 33.9 Å². The number of anilines is 1. The molecule has 4 aromatic rings. The number of carboxylic acid groups (broad SMARTS) is 1. The first-order valence-electron chi connectivity index (χ1n) is 21.2. The summed E-state index contributed by atoms with van der Waals surface area (Å²) >= 11 is 0. The van der Waals surface area contributed by atoms with Crippen molar-refractivity contribution in [2.45, 2.75) is 45.3 Å². The van der Waals surface area contributed by atoms with Gasteiger partial charge in [-0.3, -0.25) is 14.6 Å². The molecule has 18 nitrogen and oxygen atoms in total. The summed E-state index contributed by atoms with van der Waals surface area (Å²) in [5.41, 5.74) is 2.62. The number of aliphatic hydroxyl groups excluding tert-OH is 1. The summed E-state index contributed by atoms with van der Waals surface area (Å²) in [5.74, 6) is -1.37. The van der Waals surface area contributed by atoms with Gasteiger partial charge in [0, 0.05) is 68.7 Å². The topological polar surface area (TPSA) is 247 Å². The number of hydrogen-bond donors (Lipinski definition) is 3. The molecule has 2 unspecified atom stereocenters. The largest absolute Gasteiger partial charge is 0.508 e. The highest BCUT2D eigenvalue weighted by atomic mass is 16.6. The van der Waals surface area contributed by atoms with Crippen LogP contribution >= 0.6 is 0 Å². The summed E-state index contributed by atoms with van der Waals surface area (Å²) in [4.78, 5) is 70.1. The maximum atomic E-state index is 11.8. The van der Waals surface area contributed by atoms with Crippen molar-refractivity contribution in [1.29, 1.82) is 0 Å². The minimum atomic E-state index is -0.984. The third-order valence-electron chi connectivity index (χ3n) is 8.44. The van der Waals surface area contributed by atoms with E-state index in [4.69, 9.17) is 43.4 Å². The number of phenolic OH excluding ortho intramolecular Hbond substituents is 1. The molecule has 2 atom stereocenters. The van der Waals surface area contributed by atoms with Gasteiger partial charge in [0.2, 0.25) is 0 Å². The van der Waals surface area contributed by atoms with Crippen LogP contribution in [0, 0.1) is 0 Å². The Morgan fingerprint density at radius 3 is 1.62 bits per heavy atom. The first kappa shape index (κ1) is 61.8. The molecule has 1 saturated heterocycles. The number of rotatable bonds is 24. The lowest BCUT2D eigenvalue weighted by molar-refractivity contribution is -0.138. The van der Waals surface area contributed by atoms with E-state index in [0.717, 1.165) is 31.3 Å². The molecule has 0 aliphatic carbocycles. The minimum absolute atomic E-state index is 0. The average molecular weight is 963 g/mol. The van der Waals surface area contributed by atoms with Gasteiger partial charge < -0.3 is 53.4 Å². The van der Waals surface area contributed by atoms with Crippen molar-refractivity contribution in [3.63, 3.8) is 0 Å². The molecule has 69 heavy (non-hydrogen) atoms. The highest BCUT2D eigenvalue weighted by Crippen LogP contribution is 2.15. The van der Waals surface area contributed by atoms with E-state index in [1.54, 1.807) is 43.8 Å². The molecule has 1 aliphatic rings. The van der Waals surface area contributed by atoms with Crippen molar-refractivity contribution >= 4 is 42.1 Å². The summed E-state index contributed by atoms with van der Waals surface area (Å²) in [7, 11) is 5.61. The molecule has 1 fully saturated rings. The Balaban J connectivity index is 0.000000892. The first-order valence-corrected chi connectivity index (χ1v) is 21.2. The molecule has 3 aromatic carbocycles. The molecule has 0 bridgehead atoms. The molecule has 0 radical (unpaired) electrons. The maximum Gasteiger partial charge on any atom is 0.338 e. The van der Waals surface area contributed by atoms with Crippen LogP contribution in [0.3, 0.4) is 0 Å². The summed E-state index contributed by atoms with van der Waals surface area (Å²) in [5, 5.41) is 27.0. The van der Waals surface area contributed by atoms with Crippen LogP contribution in [-0.2, 0) is 38.0 Å². The number of nitrogens with zero attached hydrogens (tertiary/aromatic N) is 2. The van der Waals surface area contributed by atoms with Gasteiger partial charge in [-0.15, -0.1) is 0 Å². The second-order valence-electron chi connectivity index (χ2n) is 14.1. The molecular formula is C51H66N2O16. The van der Waals surface area contributed by atoms with Gasteiger partial charge in [-0.2, -0.15) is 0 Å². The maximum absolute atomic E-state index is 11.8. The van der Waals surface area contributed by atoms with Crippen LogP contribution in [-0.4, -0.2) is 143 Å². The number of epoxide rings is 1. The SMILES string of the molecule is C.C=CC(=O)OCCCCOCC(O)COC(=O)c1ccc(C=O)cc1.C=CC(=O)OCCCCOCC1CO1.CN(C)c1ccncc1.COc1ccc(O)cc1.O=Cc1ccc(C(=O)O)cc1. The Labute approximate surface area is 404 Å². The number of unbranched alkanes of at least 4 members (excludes halogenated alkanes) is 2. The fourth-order valence-electron chi connectivity index (χ4n) is 4.60.